The van der Waals surface area contributed by atoms with E-state index in [0.717, 1.165) is 11.3 Å². The van der Waals surface area contributed by atoms with Crippen molar-refractivity contribution in [2.75, 3.05) is 5.32 Å². The van der Waals surface area contributed by atoms with E-state index in [0.29, 0.717) is 16.7 Å². The lowest BCUT2D eigenvalue weighted by atomic mass is 10.2. The summed E-state index contributed by atoms with van der Waals surface area (Å²) in [7, 11) is 1.62. The molecule has 7 nitrogen and oxygen atoms in total. The summed E-state index contributed by atoms with van der Waals surface area (Å²) in [6, 6.07) is 10.6. The van der Waals surface area contributed by atoms with Gasteiger partial charge >= 0.3 is 6.03 Å². The van der Waals surface area contributed by atoms with Crippen molar-refractivity contribution >= 4 is 27.6 Å². The summed E-state index contributed by atoms with van der Waals surface area (Å²) in [6.07, 6.45) is 4.02. The first-order chi connectivity index (χ1) is 13.0. The molecule has 0 aliphatic carbocycles. The summed E-state index contributed by atoms with van der Waals surface area (Å²) in [5.74, 6) is 0.661. The highest BCUT2D eigenvalue weighted by molar-refractivity contribution is 9.10. The maximum absolute atomic E-state index is 12.4. The van der Waals surface area contributed by atoms with Crippen LogP contribution in [0.3, 0.4) is 0 Å². The number of nitrogens with one attached hydrogen (secondary N) is 3. The number of aromatic amines is 1. The Balaban J connectivity index is 1.73. The maximum Gasteiger partial charge on any atom is 0.319 e. The van der Waals surface area contributed by atoms with E-state index >= 15 is 0 Å². The van der Waals surface area contributed by atoms with Crippen LogP contribution in [0.2, 0.25) is 0 Å². The summed E-state index contributed by atoms with van der Waals surface area (Å²) in [6.45, 7) is 1.95. The van der Waals surface area contributed by atoms with Crippen LogP contribution in [0.15, 0.2) is 58.1 Å². The van der Waals surface area contributed by atoms with E-state index in [2.05, 4.69) is 36.5 Å². The van der Waals surface area contributed by atoms with Crippen molar-refractivity contribution in [1.82, 2.24) is 19.9 Å². The largest absolute Gasteiger partial charge is 0.340 e. The molecule has 0 spiro atoms. The van der Waals surface area contributed by atoms with Crippen molar-refractivity contribution in [3.05, 3.63) is 69.4 Å². The smallest absolute Gasteiger partial charge is 0.319 e. The lowest BCUT2D eigenvalue weighted by molar-refractivity contribution is 0.247. The van der Waals surface area contributed by atoms with Gasteiger partial charge in [0.1, 0.15) is 11.5 Å². The third-order valence-corrected chi connectivity index (χ3v) is 4.56. The number of carbonyl (C=O) groups excluding carboxylic acids is 1. The predicted octanol–water partition coefficient (Wildman–Crippen LogP) is 3.81. The molecular weight excluding hydrogens is 410 g/mol. The summed E-state index contributed by atoms with van der Waals surface area (Å²) >= 11 is 3.32. The molecule has 0 unspecified atom stereocenters. The minimum atomic E-state index is -0.463. The summed E-state index contributed by atoms with van der Waals surface area (Å²) in [5.41, 5.74) is 1.81. The fourth-order valence-corrected chi connectivity index (χ4v) is 3.25. The first-order valence-electron chi connectivity index (χ1n) is 8.52. The van der Waals surface area contributed by atoms with Crippen molar-refractivity contribution < 1.29 is 4.79 Å². The van der Waals surface area contributed by atoms with E-state index in [1.165, 1.54) is 4.57 Å². The number of benzene rings is 1. The molecule has 0 saturated carbocycles. The van der Waals surface area contributed by atoms with E-state index in [9.17, 15) is 9.59 Å². The molecule has 0 aliphatic rings. The van der Waals surface area contributed by atoms with Gasteiger partial charge in [-0.25, -0.2) is 9.78 Å². The number of amides is 2. The fourth-order valence-electron chi connectivity index (χ4n) is 2.72. The lowest BCUT2D eigenvalue weighted by Gasteiger charge is -2.15. The molecule has 3 N–H and O–H groups in total. The summed E-state index contributed by atoms with van der Waals surface area (Å²) in [5, 5.41) is 5.47. The van der Waals surface area contributed by atoms with Gasteiger partial charge in [-0.1, -0.05) is 37.3 Å². The standard InChI is InChI=1S/C19H20BrN5O2/c1-3-14(17-21-10-16(22-17)12-7-5-4-6-8-12)23-19(27)24-15-9-13(20)11-25(2)18(15)26/h4-11,14H,3H2,1-2H3,(H,21,22)(H2,23,24,27)/t14-/m1/s1. The number of aryl methyl sites for hydroxylation is 1. The van der Waals surface area contributed by atoms with Gasteiger partial charge in [-0.05, 0) is 34.0 Å². The number of urea groups is 1. The monoisotopic (exact) mass is 429 g/mol. The molecule has 2 aromatic heterocycles. The van der Waals surface area contributed by atoms with Crippen LogP contribution in [0, 0.1) is 0 Å². The van der Waals surface area contributed by atoms with Gasteiger partial charge in [0.2, 0.25) is 0 Å². The number of pyridine rings is 1. The number of hydrogen-bond acceptors (Lipinski definition) is 3. The molecule has 0 bridgehead atoms. The van der Waals surface area contributed by atoms with Crippen LogP contribution in [0.5, 0.6) is 0 Å². The van der Waals surface area contributed by atoms with E-state index in [-0.39, 0.29) is 17.3 Å². The second-order valence-electron chi connectivity index (χ2n) is 6.10. The first kappa shape index (κ1) is 18.9. The fraction of sp³-hybridized carbons (Fsp3) is 0.211. The number of H-pyrrole nitrogens is 1. The zero-order valence-electron chi connectivity index (χ0n) is 15.0. The van der Waals surface area contributed by atoms with Gasteiger partial charge in [-0.2, -0.15) is 0 Å². The van der Waals surface area contributed by atoms with Gasteiger partial charge in [0, 0.05) is 17.7 Å². The quantitative estimate of drug-likeness (QED) is 0.575. The van der Waals surface area contributed by atoms with Crippen LogP contribution in [0.25, 0.3) is 11.3 Å². The first-order valence-corrected chi connectivity index (χ1v) is 9.31. The van der Waals surface area contributed by atoms with Crippen molar-refractivity contribution in [1.29, 1.82) is 0 Å². The SMILES string of the molecule is CC[C@@H](NC(=O)Nc1cc(Br)cn(C)c1=O)c1ncc(-c2ccccc2)[nH]1. The number of aromatic nitrogens is 3. The van der Waals surface area contributed by atoms with Crippen molar-refractivity contribution in [3.63, 3.8) is 0 Å². The van der Waals surface area contributed by atoms with Crippen LogP contribution in [0.4, 0.5) is 10.5 Å². The van der Waals surface area contributed by atoms with E-state index in [1.54, 1.807) is 25.5 Å². The molecule has 1 atom stereocenters. The van der Waals surface area contributed by atoms with Gasteiger partial charge in [-0.3, -0.25) is 4.79 Å². The Kier molecular flexibility index (Phi) is 5.75. The average molecular weight is 430 g/mol. The molecule has 27 heavy (non-hydrogen) atoms. The predicted molar refractivity (Wildman–Crippen MR) is 109 cm³/mol. The molecule has 0 fully saturated rings. The van der Waals surface area contributed by atoms with E-state index in [4.69, 9.17) is 0 Å². The van der Waals surface area contributed by atoms with Crippen LogP contribution in [-0.2, 0) is 7.05 Å². The number of anilines is 1. The Morgan fingerprint density at radius 1 is 1.33 bits per heavy atom. The Labute approximate surface area is 165 Å². The Hall–Kier alpha value is -2.87. The second kappa shape index (κ2) is 8.22. The zero-order chi connectivity index (χ0) is 19.4. The van der Waals surface area contributed by atoms with Gasteiger partial charge in [0.25, 0.3) is 5.56 Å². The third kappa shape index (κ3) is 4.46. The molecular formula is C19H20BrN5O2. The van der Waals surface area contributed by atoms with Crippen molar-refractivity contribution in [2.45, 2.75) is 19.4 Å². The van der Waals surface area contributed by atoms with Crippen LogP contribution in [-0.4, -0.2) is 20.6 Å². The Morgan fingerprint density at radius 3 is 2.78 bits per heavy atom. The molecule has 0 saturated heterocycles. The molecule has 2 amide bonds. The van der Waals surface area contributed by atoms with Crippen molar-refractivity contribution in [2.24, 2.45) is 7.05 Å². The Morgan fingerprint density at radius 2 is 2.07 bits per heavy atom. The highest BCUT2D eigenvalue weighted by atomic mass is 79.9. The molecule has 3 rings (SSSR count). The minimum Gasteiger partial charge on any atom is -0.340 e. The lowest BCUT2D eigenvalue weighted by Crippen LogP contribution is -2.35. The second-order valence-corrected chi connectivity index (χ2v) is 7.01. The normalized spacial score (nSPS) is 11.8. The van der Waals surface area contributed by atoms with Crippen molar-refractivity contribution in [3.8, 4) is 11.3 Å². The third-order valence-electron chi connectivity index (χ3n) is 4.12. The highest BCUT2D eigenvalue weighted by Gasteiger charge is 2.17. The molecule has 2 heterocycles. The minimum absolute atomic E-state index is 0.198. The van der Waals surface area contributed by atoms with Gasteiger partial charge in [-0.15, -0.1) is 0 Å². The number of hydrogen-bond donors (Lipinski definition) is 3. The number of carbonyl (C=O) groups is 1. The molecule has 0 aliphatic heterocycles. The molecule has 0 radical (unpaired) electrons. The molecule has 3 aromatic rings. The summed E-state index contributed by atoms with van der Waals surface area (Å²) < 4.78 is 2.10. The number of halogens is 1. The highest BCUT2D eigenvalue weighted by Crippen LogP contribution is 2.20. The van der Waals surface area contributed by atoms with Gasteiger partial charge in [0.05, 0.1) is 17.9 Å². The maximum atomic E-state index is 12.4. The van der Waals surface area contributed by atoms with Crippen LogP contribution in [0.1, 0.15) is 25.2 Å². The topological polar surface area (TPSA) is 91.8 Å². The number of rotatable bonds is 5. The number of nitrogens with zero attached hydrogens (tertiary/aromatic N) is 2. The average Bonchev–Trinajstić information content (AvgIpc) is 3.14. The Bertz CT molecular complexity index is 997. The van der Waals surface area contributed by atoms with E-state index < -0.39 is 6.03 Å². The van der Waals surface area contributed by atoms with Crippen LogP contribution >= 0.6 is 15.9 Å². The zero-order valence-corrected chi connectivity index (χ0v) is 16.6. The van der Waals surface area contributed by atoms with Gasteiger partial charge < -0.3 is 20.2 Å². The van der Waals surface area contributed by atoms with E-state index in [1.807, 2.05) is 37.3 Å². The molecule has 140 valence electrons. The number of imidazole rings is 1. The summed E-state index contributed by atoms with van der Waals surface area (Å²) in [4.78, 5) is 32.2. The van der Waals surface area contributed by atoms with Gasteiger partial charge in [0.15, 0.2) is 0 Å². The molecule has 8 heteroatoms. The van der Waals surface area contributed by atoms with Crippen LogP contribution < -0.4 is 16.2 Å². The molecule has 1 aromatic carbocycles.